The van der Waals surface area contributed by atoms with Gasteiger partial charge >= 0.3 is 0 Å². The van der Waals surface area contributed by atoms with Gasteiger partial charge in [0.1, 0.15) is 6.61 Å². The summed E-state index contributed by atoms with van der Waals surface area (Å²) in [5.41, 5.74) is 5.31. The first-order chi connectivity index (χ1) is 13.6. The van der Waals surface area contributed by atoms with Crippen molar-refractivity contribution in [2.45, 2.75) is 32.9 Å². The Morgan fingerprint density at radius 1 is 1.21 bits per heavy atom. The molecule has 0 radical (unpaired) electrons. The van der Waals surface area contributed by atoms with E-state index in [1.54, 1.807) is 11.8 Å². The van der Waals surface area contributed by atoms with Gasteiger partial charge in [-0.1, -0.05) is 42.8 Å². The highest BCUT2D eigenvalue weighted by Crippen LogP contribution is 2.32. The molecule has 0 fully saturated rings. The van der Waals surface area contributed by atoms with E-state index in [1.807, 2.05) is 42.5 Å². The topological polar surface area (TPSA) is 64.1 Å². The van der Waals surface area contributed by atoms with Gasteiger partial charge in [-0.3, -0.25) is 5.10 Å². The summed E-state index contributed by atoms with van der Waals surface area (Å²) in [6.45, 7) is 3.03. The minimum Gasteiger partial charge on any atom is -0.493 e. The first-order valence-corrected chi connectivity index (χ1v) is 9.84. The van der Waals surface area contributed by atoms with Crippen molar-refractivity contribution in [3.05, 3.63) is 69.2 Å². The van der Waals surface area contributed by atoms with E-state index < -0.39 is 0 Å². The Balaban J connectivity index is 1.78. The minimum atomic E-state index is 0.413. The number of aryl methyl sites for hydroxylation is 1. The molecule has 3 aromatic rings. The fourth-order valence-electron chi connectivity index (χ4n) is 2.81. The second-order valence-corrected chi connectivity index (χ2v) is 7.05. The SMILES string of the molecule is CCCc1n[nH]c(=S)n1NCc1cccc(OC)c1OCc1ccc(Cl)cc1. The van der Waals surface area contributed by atoms with Crippen LogP contribution in [0.3, 0.4) is 0 Å². The average molecular weight is 419 g/mol. The van der Waals surface area contributed by atoms with Gasteiger partial charge < -0.3 is 14.9 Å². The van der Waals surface area contributed by atoms with Crippen molar-refractivity contribution in [1.29, 1.82) is 0 Å². The Morgan fingerprint density at radius 3 is 2.71 bits per heavy atom. The number of hydrogen-bond donors (Lipinski definition) is 2. The highest BCUT2D eigenvalue weighted by molar-refractivity contribution is 7.71. The molecule has 0 aliphatic heterocycles. The van der Waals surface area contributed by atoms with Crippen molar-refractivity contribution in [2.75, 3.05) is 12.5 Å². The molecule has 0 aliphatic rings. The van der Waals surface area contributed by atoms with E-state index in [2.05, 4.69) is 22.5 Å². The van der Waals surface area contributed by atoms with Gasteiger partial charge in [0.15, 0.2) is 17.3 Å². The zero-order valence-corrected chi connectivity index (χ0v) is 17.4. The molecule has 0 atom stereocenters. The molecular weight excluding hydrogens is 396 g/mol. The Bertz CT molecular complexity index is 969. The number of methoxy groups -OCH3 is 1. The van der Waals surface area contributed by atoms with Crippen molar-refractivity contribution in [3.63, 3.8) is 0 Å². The summed E-state index contributed by atoms with van der Waals surface area (Å²) in [6.07, 6.45) is 1.81. The van der Waals surface area contributed by atoms with Gasteiger partial charge in [-0.05, 0) is 42.4 Å². The van der Waals surface area contributed by atoms with Gasteiger partial charge in [0.05, 0.1) is 13.7 Å². The molecule has 0 saturated heterocycles. The van der Waals surface area contributed by atoms with Gasteiger partial charge in [-0.25, -0.2) is 4.68 Å². The number of benzene rings is 2. The van der Waals surface area contributed by atoms with Gasteiger partial charge in [0, 0.05) is 17.0 Å². The summed E-state index contributed by atoms with van der Waals surface area (Å²) < 4.78 is 13.9. The fourth-order valence-corrected chi connectivity index (χ4v) is 3.15. The second kappa shape index (κ2) is 9.61. The van der Waals surface area contributed by atoms with E-state index in [0.717, 1.165) is 29.8 Å². The number of hydrogen-bond acceptors (Lipinski definition) is 5. The summed E-state index contributed by atoms with van der Waals surface area (Å²) >= 11 is 11.3. The Morgan fingerprint density at radius 2 is 2.00 bits per heavy atom. The lowest BCUT2D eigenvalue weighted by Gasteiger charge is -2.17. The Kier molecular flexibility index (Phi) is 6.95. The van der Waals surface area contributed by atoms with Crippen molar-refractivity contribution in [3.8, 4) is 11.5 Å². The molecule has 1 heterocycles. The molecule has 0 spiro atoms. The predicted octanol–water partition coefficient (Wildman–Crippen LogP) is 4.88. The molecule has 148 valence electrons. The first-order valence-electron chi connectivity index (χ1n) is 9.05. The number of aromatic nitrogens is 3. The van der Waals surface area contributed by atoms with Crippen molar-refractivity contribution in [2.24, 2.45) is 0 Å². The molecule has 0 unspecified atom stereocenters. The zero-order valence-electron chi connectivity index (χ0n) is 15.9. The van der Waals surface area contributed by atoms with E-state index >= 15 is 0 Å². The number of para-hydroxylation sites is 1. The maximum Gasteiger partial charge on any atom is 0.214 e. The molecule has 0 amide bonds. The fraction of sp³-hybridized carbons (Fsp3) is 0.300. The van der Waals surface area contributed by atoms with Crippen molar-refractivity contribution in [1.82, 2.24) is 14.9 Å². The summed E-state index contributed by atoms with van der Waals surface area (Å²) in [6, 6.07) is 13.4. The van der Waals surface area contributed by atoms with Crippen LogP contribution in [0.1, 0.15) is 30.3 Å². The lowest BCUT2D eigenvalue weighted by atomic mass is 10.2. The smallest absolute Gasteiger partial charge is 0.214 e. The normalized spacial score (nSPS) is 10.7. The maximum absolute atomic E-state index is 6.10. The summed E-state index contributed by atoms with van der Waals surface area (Å²) in [4.78, 5) is 0. The van der Waals surface area contributed by atoms with Crippen LogP contribution in [0.25, 0.3) is 0 Å². The lowest BCUT2D eigenvalue weighted by molar-refractivity contribution is 0.281. The lowest BCUT2D eigenvalue weighted by Crippen LogP contribution is -2.18. The molecule has 1 aromatic heterocycles. The van der Waals surface area contributed by atoms with Crippen LogP contribution in [0.5, 0.6) is 11.5 Å². The molecular formula is C20H23ClN4O2S. The third kappa shape index (κ3) is 4.85. The number of nitrogens with zero attached hydrogens (tertiary/aromatic N) is 2. The monoisotopic (exact) mass is 418 g/mol. The van der Waals surface area contributed by atoms with Gasteiger partial charge in [0.2, 0.25) is 4.77 Å². The average Bonchev–Trinajstić information content (AvgIpc) is 3.05. The Hall–Kier alpha value is -2.51. The van der Waals surface area contributed by atoms with Crippen molar-refractivity contribution >= 4 is 23.8 Å². The quantitative estimate of drug-likeness (QED) is 0.485. The zero-order chi connectivity index (χ0) is 19.9. The van der Waals surface area contributed by atoms with Crippen LogP contribution >= 0.6 is 23.8 Å². The third-order valence-electron chi connectivity index (χ3n) is 4.22. The highest BCUT2D eigenvalue weighted by atomic mass is 35.5. The predicted molar refractivity (Wildman–Crippen MR) is 113 cm³/mol. The van der Waals surface area contributed by atoms with Crippen LogP contribution < -0.4 is 14.9 Å². The summed E-state index contributed by atoms with van der Waals surface area (Å²) in [5.74, 6) is 2.25. The highest BCUT2D eigenvalue weighted by Gasteiger charge is 2.12. The van der Waals surface area contributed by atoms with Crippen LogP contribution in [0.15, 0.2) is 42.5 Å². The van der Waals surface area contributed by atoms with E-state index in [9.17, 15) is 0 Å². The van der Waals surface area contributed by atoms with Crippen LogP contribution in [0.4, 0.5) is 0 Å². The van der Waals surface area contributed by atoms with E-state index in [4.69, 9.17) is 33.3 Å². The number of halogens is 1. The maximum atomic E-state index is 6.10. The molecule has 28 heavy (non-hydrogen) atoms. The number of nitrogens with one attached hydrogen (secondary N) is 2. The second-order valence-electron chi connectivity index (χ2n) is 6.23. The third-order valence-corrected chi connectivity index (χ3v) is 4.75. The van der Waals surface area contributed by atoms with E-state index in [-0.39, 0.29) is 0 Å². The van der Waals surface area contributed by atoms with E-state index in [1.165, 1.54) is 0 Å². The molecule has 8 heteroatoms. The van der Waals surface area contributed by atoms with Crippen LogP contribution in [0.2, 0.25) is 5.02 Å². The molecule has 2 aromatic carbocycles. The molecule has 0 saturated carbocycles. The molecule has 2 N–H and O–H groups in total. The summed E-state index contributed by atoms with van der Waals surface area (Å²) in [5, 5.41) is 7.81. The summed E-state index contributed by atoms with van der Waals surface area (Å²) in [7, 11) is 1.63. The van der Waals surface area contributed by atoms with Crippen LogP contribution in [-0.4, -0.2) is 22.0 Å². The largest absolute Gasteiger partial charge is 0.493 e. The number of H-pyrrole nitrogens is 1. The molecule has 0 aliphatic carbocycles. The van der Waals surface area contributed by atoms with Gasteiger partial charge in [-0.15, -0.1) is 0 Å². The standard InChI is InChI=1S/C20H23ClN4O2S/c1-3-5-18-23-24-20(28)25(18)22-12-15-6-4-7-17(26-2)19(15)27-13-14-8-10-16(21)11-9-14/h4,6-11,22H,3,5,12-13H2,1-2H3,(H,24,28). The number of rotatable bonds is 9. The number of ether oxygens (including phenoxy) is 2. The first kappa shape index (κ1) is 20.2. The van der Waals surface area contributed by atoms with Crippen molar-refractivity contribution < 1.29 is 9.47 Å². The van der Waals surface area contributed by atoms with Crippen LogP contribution in [-0.2, 0) is 19.6 Å². The molecule has 6 nitrogen and oxygen atoms in total. The van der Waals surface area contributed by atoms with Gasteiger partial charge in [-0.2, -0.15) is 5.10 Å². The minimum absolute atomic E-state index is 0.413. The number of aromatic amines is 1. The molecule has 3 rings (SSSR count). The van der Waals surface area contributed by atoms with E-state index in [0.29, 0.717) is 34.4 Å². The van der Waals surface area contributed by atoms with Gasteiger partial charge in [0.25, 0.3) is 0 Å². The van der Waals surface area contributed by atoms with Crippen LogP contribution in [0, 0.1) is 4.77 Å². The molecule has 0 bridgehead atoms. The Labute approximate surface area is 174 Å².